The largest absolute Gasteiger partial charge is 0.482 e. The number of anilines is 3. The standard InChI is InChI=1S/C39H36ClN3O6/c1-25(8-6-15-36(45)41-22-28-11-3-2-10-27(28)19-31(41)23-44)39(48)32-20-29(40)16-17-33(32)42(38(39)47)21-26-9-7-12-30(18-26)43-34-13-4-5-14-35(34)49-24-37(43)46/h2-14,16-18,20,25,31,44,48H,15,19,21-24H2,1H3/b8-6+/t25-,31-,39+/m0/s1. The lowest BCUT2D eigenvalue weighted by molar-refractivity contribution is -0.139. The molecule has 3 aliphatic rings. The summed E-state index contributed by atoms with van der Waals surface area (Å²) in [7, 11) is 0. The zero-order valence-electron chi connectivity index (χ0n) is 27.0. The number of halogens is 1. The van der Waals surface area contributed by atoms with Crippen molar-refractivity contribution in [3.63, 3.8) is 0 Å². The fourth-order valence-corrected chi connectivity index (χ4v) is 7.28. The van der Waals surface area contributed by atoms with E-state index in [1.807, 2.05) is 72.8 Å². The number of aliphatic hydroxyl groups is 2. The molecule has 3 amide bonds. The number of nitrogens with zero attached hydrogens (tertiary/aromatic N) is 3. The Morgan fingerprint density at radius 3 is 2.59 bits per heavy atom. The first-order valence-electron chi connectivity index (χ1n) is 16.3. The number of carbonyl (C=O) groups excluding carboxylic acids is 3. The summed E-state index contributed by atoms with van der Waals surface area (Å²) in [5, 5.41) is 22.6. The van der Waals surface area contributed by atoms with E-state index in [9.17, 15) is 24.6 Å². The molecule has 250 valence electrons. The third-order valence-corrected chi connectivity index (χ3v) is 9.95. The number of fused-ring (bicyclic) bond motifs is 3. The maximum absolute atomic E-state index is 14.2. The summed E-state index contributed by atoms with van der Waals surface area (Å²) in [6, 6.07) is 27.3. The van der Waals surface area contributed by atoms with Crippen LogP contribution in [0.3, 0.4) is 0 Å². The van der Waals surface area contributed by atoms with E-state index in [2.05, 4.69) is 0 Å². The molecule has 0 fully saturated rings. The number of hydrogen-bond acceptors (Lipinski definition) is 6. The molecule has 2 N–H and O–H groups in total. The maximum Gasteiger partial charge on any atom is 0.269 e. The average Bonchev–Trinajstić information content (AvgIpc) is 3.32. The Morgan fingerprint density at radius 2 is 1.78 bits per heavy atom. The number of rotatable bonds is 8. The van der Waals surface area contributed by atoms with Crippen molar-refractivity contribution in [2.75, 3.05) is 23.0 Å². The molecule has 0 radical (unpaired) electrons. The molecule has 0 aromatic heterocycles. The quantitative estimate of drug-likeness (QED) is 0.233. The number of para-hydroxylation sites is 2. The molecule has 7 rings (SSSR count). The van der Waals surface area contributed by atoms with Crippen molar-refractivity contribution in [1.29, 1.82) is 0 Å². The van der Waals surface area contributed by atoms with E-state index < -0.39 is 17.4 Å². The molecule has 3 aliphatic heterocycles. The lowest BCUT2D eigenvalue weighted by atomic mass is 9.83. The van der Waals surface area contributed by atoms with Gasteiger partial charge in [-0.05, 0) is 65.6 Å². The molecule has 4 aromatic rings. The van der Waals surface area contributed by atoms with Crippen LogP contribution < -0.4 is 14.5 Å². The van der Waals surface area contributed by atoms with Crippen molar-refractivity contribution >= 4 is 46.4 Å². The van der Waals surface area contributed by atoms with Gasteiger partial charge in [-0.15, -0.1) is 0 Å². The summed E-state index contributed by atoms with van der Waals surface area (Å²) >= 11 is 6.39. The highest BCUT2D eigenvalue weighted by Crippen LogP contribution is 2.47. The molecule has 3 heterocycles. The van der Waals surface area contributed by atoms with Gasteiger partial charge in [-0.3, -0.25) is 19.3 Å². The minimum absolute atomic E-state index is 0.0512. The van der Waals surface area contributed by atoms with Gasteiger partial charge in [0.15, 0.2) is 12.2 Å². The van der Waals surface area contributed by atoms with Crippen molar-refractivity contribution in [2.45, 2.75) is 44.5 Å². The molecule has 0 aliphatic carbocycles. The number of aliphatic hydroxyl groups excluding tert-OH is 1. The molecule has 9 nitrogen and oxygen atoms in total. The fraction of sp³-hybridized carbons (Fsp3) is 0.256. The molecular weight excluding hydrogens is 642 g/mol. The predicted octanol–water partition coefficient (Wildman–Crippen LogP) is 5.66. The second-order valence-electron chi connectivity index (χ2n) is 12.7. The van der Waals surface area contributed by atoms with E-state index >= 15 is 0 Å². The highest BCUT2D eigenvalue weighted by Gasteiger charge is 2.52. The van der Waals surface area contributed by atoms with Crippen molar-refractivity contribution < 1.29 is 29.3 Å². The molecular formula is C39H36ClN3O6. The van der Waals surface area contributed by atoms with Gasteiger partial charge < -0.3 is 24.7 Å². The van der Waals surface area contributed by atoms with E-state index in [0.717, 1.165) is 16.7 Å². The van der Waals surface area contributed by atoms with Gasteiger partial charge in [0, 0.05) is 35.2 Å². The minimum atomic E-state index is -1.94. The van der Waals surface area contributed by atoms with Crippen molar-refractivity contribution in [3.8, 4) is 5.75 Å². The van der Waals surface area contributed by atoms with Gasteiger partial charge in [-0.1, -0.05) is 79.2 Å². The summed E-state index contributed by atoms with van der Waals surface area (Å²) < 4.78 is 5.61. The van der Waals surface area contributed by atoms with Gasteiger partial charge in [0.2, 0.25) is 5.91 Å². The molecule has 10 heteroatoms. The first-order valence-corrected chi connectivity index (χ1v) is 16.7. The Balaban J connectivity index is 1.11. The third-order valence-electron chi connectivity index (χ3n) is 9.71. The predicted molar refractivity (Wildman–Crippen MR) is 187 cm³/mol. The van der Waals surface area contributed by atoms with E-state index in [0.29, 0.717) is 46.4 Å². The topological polar surface area (TPSA) is 111 Å². The van der Waals surface area contributed by atoms with E-state index in [1.165, 1.54) is 4.90 Å². The molecule has 0 saturated heterocycles. The Kier molecular flexibility index (Phi) is 8.75. The lowest BCUT2D eigenvalue weighted by Gasteiger charge is -2.36. The Bertz CT molecular complexity index is 1980. The van der Waals surface area contributed by atoms with Gasteiger partial charge in [0.25, 0.3) is 11.8 Å². The van der Waals surface area contributed by atoms with Crippen LogP contribution in [-0.2, 0) is 39.5 Å². The Morgan fingerprint density at radius 1 is 1.00 bits per heavy atom. The molecule has 0 unspecified atom stereocenters. The number of carbonyl (C=O) groups is 3. The number of amides is 3. The van der Waals surface area contributed by atoms with E-state index in [4.69, 9.17) is 16.3 Å². The summed E-state index contributed by atoms with van der Waals surface area (Å²) in [4.78, 5) is 45.3. The highest BCUT2D eigenvalue weighted by molar-refractivity contribution is 6.31. The zero-order valence-corrected chi connectivity index (χ0v) is 27.7. The third kappa shape index (κ3) is 5.88. The highest BCUT2D eigenvalue weighted by atomic mass is 35.5. The van der Waals surface area contributed by atoms with Crippen LogP contribution in [0.2, 0.25) is 5.02 Å². The van der Waals surface area contributed by atoms with Crippen LogP contribution in [0.4, 0.5) is 17.1 Å². The zero-order chi connectivity index (χ0) is 34.3. The first-order chi connectivity index (χ1) is 23.7. The van der Waals surface area contributed by atoms with Gasteiger partial charge in [0.1, 0.15) is 5.75 Å². The monoisotopic (exact) mass is 677 g/mol. The Labute approximate surface area is 289 Å². The number of ether oxygens (including phenoxy) is 1. The smallest absolute Gasteiger partial charge is 0.269 e. The van der Waals surface area contributed by atoms with Gasteiger partial charge in [-0.25, -0.2) is 0 Å². The summed E-state index contributed by atoms with van der Waals surface area (Å²) in [6.45, 7) is 2.07. The van der Waals surface area contributed by atoms with Crippen LogP contribution in [-0.4, -0.2) is 52.1 Å². The molecule has 4 aromatic carbocycles. The van der Waals surface area contributed by atoms with E-state index in [-0.39, 0.29) is 44.0 Å². The molecule has 0 saturated carbocycles. The molecule has 0 spiro atoms. The minimum Gasteiger partial charge on any atom is -0.482 e. The lowest BCUT2D eigenvalue weighted by Crippen LogP contribution is -2.46. The first kappa shape index (κ1) is 32.6. The molecule has 0 bridgehead atoms. The second kappa shape index (κ2) is 13.2. The van der Waals surface area contributed by atoms with Crippen molar-refractivity contribution in [2.24, 2.45) is 5.92 Å². The van der Waals surface area contributed by atoms with Gasteiger partial charge in [0.05, 0.1) is 30.6 Å². The van der Waals surface area contributed by atoms with Gasteiger partial charge in [-0.2, -0.15) is 0 Å². The average molecular weight is 678 g/mol. The van der Waals surface area contributed by atoms with Crippen LogP contribution in [0.5, 0.6) is 5.75 Å². The summed E-state index contributed by atoms with van der Waals surface area (Å²) in [6.07, 6.45) is 4.01. The van der Waals surface area contributed by atoms with Crippen LogP contribution >= 0.6 is 11.6 Å². The number of hydrogen-bond donors (Lipinski definition) is 2. The Hall–Kier alpha value is -4.96. The van der Waals surface area contributed by atoms with Crippen molar-refractivity contribution in [3.05, 3.63) is 130 Å². The molecule has 49 heavy (non-hydrogen) atoms. The van der Waals surface area contributed by atoms with Crippen molar-refractivity contribution in [1.82, 2.24) is 4.90 Å². The van der Waals surface area contributed by atoms with E-state index in [1.54, 1.807) is 47.1 Å². The van der Waals surface area contributed by atoms with Crippen LogP contribution in [0, 0.1) is 5.92 Å². The summed E-state index contributed by atoms with van der Waals surface area (Å²) in [5.74, 6) is -0.970. The fourth-order valence-electron chi connectivity index (χ4n) is 7.11. The van der Waals surface area contributed by atoms with Crippen LogP contribution in [0.15, 0.2) is 103 Å². The van der Waals surface area contributed by atoms with Crippen LogP contribution in [0.1, 0.15) is 35.6 Å². The second-order valence-corrected chi connectivity index (χ2v) is 13.2. The normalized spacial score (nSPS) is 20.6. The maximum atomic E-state index is 14.2. The SMILES string of the molecule is C[C@@H](/C=C/CC(=O)N1Cc2ccccc2C[C@H]1CO)[C@]1(O)C(=O)N(Cc2cccc(N3C(=O)COc4ccccc43)c2)c2ccc(Cl)cc21. The molecule has 3 atom stereocenters. The van der Waals surface area contributed by atoms with Gasteiger partial charge >= 0.3 is 0 Å². The number of benzene rings is 4. The van der Waals surface area contributed by atoms with Crippen LogP contribution in [0.25, 0.3) is 0 Å². The summed E-state index contributed by atoms with van der Waals surface area (Å²) in [5.41, 5.74) is 3.20.